The Labute approximate surface area is 118 Å². The lowest BCUT2D eigenvalue weighted by atomic mass is 9.92. The average Bonchev–Trinajstić information content (AvgIpc) is 2.48. The van der Waals surface area contributed by atoms with Gasteiger partial charge in [0.05, 0.1) is 0 Å². The SMILES string of the molecule is Cc1ccc(C=O)c(-c2ccc(C)c3ccccc23)c1. The van der Waals surface area contributed by atoms with Crippen molar-refractivity contribution in [2.75, 3.05) is 0 Å². The van der Waals surface area contributed by atoms with Crippen LogP contribution in [-0.2, 0) is 0 Å². The Kier molecular flexibility index (Phi) is 3.11. The summed E-state index contributed by atoms with van der Waals surface area (Å²) in [5.74, 6) is 0. The fraction of sp³-hybridized carbons (Fsp3) is 0.105. The van der Waals surface area contributed by atoms with Crippen molar-refractivity contribution in [2.45, 2.75) is 13.8 Å². The van der Waals surface area contributed by atoms with Crippen LogP contribution in [0.15, 0.2) is 54.6 Å². The molecule has 3 aromatic carbocycles. The van der Waals surface area contributed by atoms with Gasteiger partial charge in [-0.3, -0.25) is 4.79 Å². The molecule has 0 aliphatic rings. The van der Waals surface area contributed by atoms with Gasteiger partial charge in [0.2, 0.25) is 0 Å². The van der Waals surface area contributed by atoms with E-state index in [0.29, 0.717) is 0 Å². The summed E-state index contributed by atoms with van der Waals surface area (Å²) in [4.78, 5) is 11.3. The molecule has 3 aromatic rings. The van der Waals surface area contributed by atoms with Crippen LogP contribution in [0, 0.1) is 13.8 Å². The molecule has 98 valence electrons. The molecule has 0 aromatic heterocycles. The molecule has 0 atom stereocenters. The number of carbonyl (C=O) groups excluding carboxylic acids is 1. The highest BCUT2D eigenvalue weighted by Gasteiger charge is 2.09. The van der Waals surface area contributed by atoms with Gasteiger partial charge in [0.25, 0.3) is 0 Å². The van der Waals surface area contributed by atoms with Gasteiger partial charge in [-0.25, -0.2) is 0 Å². The standard InChI is InChI=1S/C19H16O/c1-13-7-9-15(12-20)19(11-13)18-10-8-14(2)16-5-3-4-6-17(16)18/h3-12H,1-2H3. The molecule has 0 aliphatic carbocycles. The quantitative estimate of drug-likeness (QED) is 0.597. The summed E-state index contributed by atoms with van der Waals surface area (Å²) in [6.07, 6.45) is 0.934. The summed E-state index contributed by atoms with van der Waals surface area (Å²) >= 11 is 0. The number of benzene rings is 3. The molecule has 0 saturated heterocycles. The minimum atomic E-state index is 0.740. The van der Waals surface area contributed by atoms with E-state index in [1.807, 2.05) is 18.2 Å². The maximum absolute atomic E-state index is 11.3. The molecule has 3 rings (SSSR count). The van der Waals surface area contributed by atoms with Gasteiger partial charge >= 0.3 is 0 Å². The van der Waals surface area contributed by atoms with Crippen LogP contribution in [0.1, 0.15) is 21.5 Å². The molecule has 0 N–H and O–H groups in total. The van der Waals surface area contributed by atoms with Crippen molar-refractivity contribution < 1.29 is 4.79 Å². The Morgan fingerprint density at radius 3 is 2.30 bits per heavy atom. The van der Waals surface area contributed by atoms with Gasteiger partial charge in [-0.05, 0) is 41.3 Å². The number of aryl methyl sites for hydroxylation is 2. The topological polar surface area (TPSA) is 17.1 Å². The zero-order valence-electron chi connectivity index (χ0n) is 11.7. The molecular weight excluding hydrogens is 244 g/mol. The number of aldehydes is 1. The Hall–Kier alpha value is -2.41. The first-order chi connectivity index (χ1) is 9.70. The predicted octanol–water partition coefficient (Wildman–Crippen LogP) is 4.94. The summed E-state index contributed by atoms with van der Waals surface area (Å²) in [5, 5.41) is 2.43. The summed E-state index contributed by atoms with van der Waals surface area (Å²) in [6.45, 7) is 4.16. The Morgan fingerprint density at radius 1 is 0.800 bits per heavy atom. The second-order valence-electron chi connectivity index (χ2n) is 5.18. The number of rotatable bonds is 2. The van der Waals surface area contributed by atoms with Crippen molar-refractivity contribution in [1.29, 1.82) is 0 Å². The van der Waals surface area contributed by atoms with Crippen LogP contribution in [0.5, 0.6) is 0 Å². The van der Waals surface area contributed by atoms with Crippen LogP contribution in [-0.4, -0.2) is 6.29 Å². The van der Waals surface area contributed by atoms with Gasteiger partial charge in [0.15, 0.2) is 6.29 Å². The molecule has 0 bridgehead atoms. The molecule has 0 aliphatic heterocycles. The highest BCUT2D eigenvalue weighted by Crippen LogP contribution is 2.32. The molecule has 0 unspecified atom stereocenters. The van der Waals surface area contributed by atoms with E-state index in [0.717, 1.165) is 28.5 Å². The van der Waals surface area contributed by atoms with Crippen LogP contribution in [0.4, 0.5) is 0 Å². The number of hydrogen-bond donors (Lipinski definition) is 0. The summed E-state index contributed by atoms with van der Waals surface area (Å²) in [6, 6.07) is 18.5. The predicted molar refractivity (Wildman–Crippen MR) is 84.2 cm³/mol. The molecule has 1 heteroatoms. The smallest absolute Gasteiger partial charge is 0.150 e. The lowest BCUT2D eigenvalue weighted by molar-refractivity contribution is 0.112. The molecule has 1 nitrogen and oxygen atoms in total. The molecule has 0 saturated carbocycles. The van der Waals surface area contributed by atoms with Crippen LogP contribution < -0.4 is 0 Å². The Bertz CT molecular complexity index is 800. The van der Waals surface area contributed by atoms with E-state index < -0.39 is 0 Å². The fourth-order valence-electron chi connectivity index (χ4n) is 2.69. The highest BCUT2D eigenvalue weighted by atomic mass is 16.1. The van der Waals surface area contributed by atoms with E-state index in [4.69, 9.17) is 0 Å². The monoisotopic (exact) mass is 260 g/mol. The van der Waals surface area contributed by atoms with Gasteiger partial charge in [-0.2, -0.15) is 0 Å². The maximum atomic E-state index is 11.3. The second-order valence-corrected chi connectivity index (χ2v) is 5.18. The third-order valence-corrected chi connectivity index (χ3v) is 3.77. The molecular formula is C19H16O. The Morgan fingerprint density at radius 2 is 1.55 bits per heavy atom. The third-order valence-electron chi connectivity index (χ3n) is 3.77. The Balaban J connectivity index is 2.38. The van der Waals surface area contributed by atoms with Crippen LogP contribution >= 0.6 is 0 Å². The lowest BCUT2D eigenvalue weighted by Crippen LogP contribution is -1.91. The van der Waals surface area contributed by atoms with Crippen LogP contribution in [0.3, 0.4) is 0 Å². The van der Waals surface area contributed by atoms with E-state index in [2.05, 4.69) is 50.2 Å². The molecule has 0 spiro atoms. The normalized spacial score (nSPS) is 10.7. The average molecular weight is 260 g/mol. The van der Waals surface area contributed by atoms with E-state index in [1.165, 1.54) is 16.3 Å². The first-order valence-corrected chi connectivity index (χ1v) is 6.75. The van der Waals surface area contributed by atoms with Gasteiger partial charge < -0.3 is 0 Å². The zero-order chi connectivity index (χ0) is 14.1. The van der Waals surface area contributed by atoms with Gasteiger partial charge in [0.1, 0.15) is 0 Å². The van der Waals surface area contributed by atoms with Crippen molar-refractivity contribution in [2.24, 2.45) is 0 Å². The van der Waals surface area contributed by atoms with Gasteiger partial charge in [-0.1, -0.05) is 60.2 Å². The highest BCUT2D eigenvalue weighted by molar-refractivity contribution is 6.02. The van der Waals surface area contributed by atoms with Gasteiger partial charge in [0, 0.05) is 5.56 Å². The van der Waals surface area contributed by atoms with Crippen molar-refractivity contribution in [3.8, 4) is 11.1 Å². The van der Waals surface area contributed by atoms with Gasteiger partial charge in [-0.15, -0.1) is 0 Å². The summed E-state index contributed by atoms with van der Waals surface area (Å²) in [7, 11) is 0. The van der Waals surface area contributed by atoms with Crippen molar-refractivity contribution in [3.05, 3.63) is 71.3 Å². The number of hydrogen-bond acceptors (Lipinski definition) is 1. The summed E-state index contributed by atoms with van der Waals surface area (Å²) in [5.41, 5.74) is 5.29. The lowest BCUT2D eigenvalue weighted by Gasteiger charge is -2.12. The fourth-order valence-corrected chi connectivity index (χ4v) is 2.69. The van der Waals surface area contributed by atoms with Crippen molar-refractivity contribution in [1.82, 2.24) is 0 Å². The molecule has 0 fully saturated rings. The van der Waals surface area contributed by atoms with E-state index in [-0.39, 0.29) is 0 Å². The maximum Gasteiger partial charge on any atom is 0.150 e. The first kappa shape index (κ1) is 12.6. The van der Waals surface area contributed by atoms with Crippen molar-refractivity contribution >= 4 is 17.1 Å². The minimum absolute atomic E-state index is 0.740. The van der Waals surface area contributed by atoms with E-state index >= 15 is 0 Å². The zero-order valence-corrected chi connectivity index (χ0v) is 11.7. The van der Waals surface area contributed by atoms with Crippen LogP contribution in [0.25, 0.3) is 21.9 Å². The van der Waals surface area contributed by atoms with E-state index in [1.54, 1.807) is 0 Å². The largest absolute Gasteiger partial charge is 0.298 e. The molecule has 0 amide bonds. The van der Waals surface area contributed by atoms with Crippen molar-refractivity contribution in [3.63, 3.8) is 0 Å². The minimum Gasteiger partial charge on any atom is -0.298 e. The molecule has 0 radical (unpaired) electrons. The van der Waals surface area contributed by atoms with Crippen LogP contribution in [0.2, 0.25) is 0 Å². The molecule has 20 heavy (non-hydrogen) atoms. The number of carbonyl (C=O) groups is 1. The first-order valence-electron chi connectivity index (χ1n) is 6.75. The third kappa shape index (κ3) is 2.01. The summed E-state index contributed by atoms with van der Waals surface area (Å²) < 4.78 is 0. The number of fused-ring (bicyclic) bond motifs is 1. The van der Waals surface area contributed by atoms with E-state index in [9.17, 15) is 4.79 Å². The second kappa shape index (κ2) is 4.93. The molecule has 0 heterocycles.